The molecular weight excluding hydrogens is 475 g/mol. The SMILES string of the molecule is ClC[C@@]1(C(Cl)Cl)[C@@H]2CC(Cl)(Cl)[C@@]1(C(Cl)Cl)[C@H](Cl)C2(Cl)Cl. The molecule has 0 radical (unpaired) electrons. The van der Waals surface area contributed by atoms with E-state index in [0.29, 0.717) is 0 Å². The third kappa shape index (κ3) is 1.97. The van der Waals surface area contributed by atoms with Crippen LogP contribution < -0.4 is 0 Å². The Morgan fingerprint density at radius 1 is 0.950 bits per heavy atom. The van der Waals surface area contributed by atoms with Crippen LogP contribution >= 0.6 is 116 Å². The van der Waals surface area contributed by atoms with Crippen LogP contribution in [0.1, 0.15) is 6.42 Å². The molecule has 10 heteroatoms. The van der Waals surface area contributed by atoms with Gasteiger partial charge in [0.2, 0.25) is 0 Å². The minimum Gasteiger partial charge on any atom is -0.126 e. The average Bonchev–Trinajstić information content (AvgIpc) is 2.61. The Morgan fingerprint density at radius 2 is 1.45 bits per heavy atom. The van der Waals surface area contributed by atoms with E-state index < -0.39 is 40.5 Å². The summed E-state index contributed by atoms with van der Waals surface area (Å²) in [4.78, 5) is -2.10. The molecule has 0 unspecified atom stereocenters. The highest BCUT2D eigenvalue weighted by molar-refractivity contribution is 6.58. The molecule has 2 rings (SSSR count). The summed E-state index contributed by atoms with van der Waals surface area (Å²) in [7, 11) is 0. The van der Waals surface area contributed by atoms with Crippen LogP contribution in [0.4, 0.5) is 0 Å². The van der Waals surface area contributed by atoms with Gasteiger partial charge in [-0.15, -0.1) is 92.8 Å². The predicted molar refractivity (Wildman–Crippen MR) is 93.2 cm³/mol. The van der Waals surface area contributed by atoms with Gasteiger partial charge >= 0.3 is 0 Å². The maximum absolute atomic E-state index is 6.47. The van der Waals surface area contributed by atoms with Crippen molar-refractivity contribution in [3.63, 3.8) is 0 Å². The number of alkyl halides is 10. The lowest BCUT2D eigenvalue weighted by Crippen LogP contribution is -2.59. The lowest BCUT2D eigenvalue weighted by Gasteiger charge is -2.50. The van der Waals surface area contributed by atoms with E-state index in [9.17, 15) is 0 Å². The summed E-state index contributed by atoms with van der Waals surface area (Å²) >= 11 is 63.2. The zero-order chi connectivity index (χ0) is 15.7. The highest BCUT2D eigenvalue weighted by Gasteiger charge is 2.87. The Bertz CT molecular complexity index is 407. The number of hydrogen-bond acceptors (Lipinski definition) is 0. The second-order valence-electron chi connectivity index (χ2n) is 5.14. The molecule has 0 aliphatic heterocycles. The maximum atomic E-state index is 6.47. The number of halogens is 10. The average molecular weight is 483 g/mol. The smallest absolute Gasteiger partial charge is 0.126 e. The van der Waals surface area contributed by atoms with E-state index in [1.165, 1.54) is 0 Å². The van der Waals surface area contributed by atoms with Crippen LogP contribution in [0.25, 0.3) is 0 Å². The van der Waals surface area contributed by atoms with E-state index in [1.54, 1.807) is 0 Å². The van der Waals surface area contributed by atoms with Crippen LogP contribution in [0.15, 0.2) is 0 Å². The summed E-state index contributed by atoms with van der Waals surface area (Å²) < 4.78 is -2.80. The summed E-state index contributed by atoms with van der Waals surface area (Å²) in [5, 5.41) is -0.967. The van der Waals surface area contributed by atoms with Gasteiger partial charge in [-0.25, -0.2) is 0 Å². The van der Waals surface area contributed by atoms with Gasteiger partial charge in [0.15, 0.2) is 0 Å². The molecule has 2 aliphatic carbocycles. The fourth-order valence-corrected chi connectivity index (χ4v) is 9.37. The third-order valence-electron chi connectivity index (χ3n) is 4.61. The van der Waals surface area contributed by atoms with Crippen molar-refractivity contribution in [2.45, 2.75) is 30.1 Å². The Labute approximate surface area is 167 Å². The van der Waals surface area contributed by atoms with Crippen LogP contribution in [-0.4, -0.2) is 29.6 Å². The third-order valence-corrected chi connectivity index (χ3v) is 9.33. The molecule has 0 spiro atoms. The van der Waals surface area contributed by atoms with Crippen LogP contribution in [0.3, 0.4) is 0 Å². The van der Waals surface area contributed by atoms with Crippen LogP contribution in [-0.2, 0) is 0 Å². The van der Waals surface area contributed by atoms with Crippen LogP contribution in [0.5, 0.6) is 0 Å². The number of rotatable bonds is 3. The van der Waals surface area contributed by atoms with Gasteiger partial charge in [0.05, 0.1) is 10.8 Å². The van der Waals surface area contributed by atoms with E-state index in [4.69, 9.17) is 116 Å². The highest BCUT2D eigenvalue weighted by atomic mass is 35.5. The van der Waals surface area contributed by atoms with Gasteiger partial charge in [-0.05, 0) is 6.42 Å². The molecule has 0 nitrogen and oxygen atoms in total. The van der Waals surface area contributed by atoms with Gasteiger partial charge in [-0.3, -0.25) is 0 Å². The Kier molecular flexibility index (Phi) is 5.50. The van der Waals surface area contributed by atoms with E-state index >= 15 is 0 Å². The van der Waals surface area contributed by atoms with Gasteiger partial charge in [0, 0.05) is 17.2 Å². The molecule has 0 aromatic heterocycles. The van der Waals surface area contributed by atoms with Gasteiger partial charge in [-0.1, -0.05) is 23.2 Å². The monoisotopic (exact) mass is 478 g/mol. The van der Waals surface area contributed by atoms with Crippen molar-refractivity contribution >= 4 is 116 Å². The topological polar surface area (TPSA) is 0 Å². The second kappa shape index (κ2) is 5.72. The molecule has 2 aliphatic rings. The zero-order valence-electron chi connectivity index (χ0n) is 9.50. The summed E-state index contributed by atoms with van der Waals surface area (Å²) in [5.41, 5.74) is -2.46. The van der Waals surface area contributed by atoms with Gasteiger partial charge in [0.25, 0.3) is 0 Å². The molecule has 2 fully saturated rings. The number of hydrogen-bond donors (Lipinski definition) is 0. The Hall–Kier alpha value is 2.90. The first-order chi connectivity index (χ1) is 8.94. The summed E-state index contributed by atoms with van der Waals surface area (Å²) in [6.07, 6.45) is 0.185. The summed E-state index contributed by atoms with van der Waals surface area (Å²) in [5.74, 6) is -0.579. The van der Waals surface area contributed by atoms with E-state index in [2.05, 4.69) is 0 Å². The predicted octanol–water partition coefficient (Wildman–Crippen LogP) is 6.79. The zero-order valence-corrected chi connectivity index (χ0v) is 17.1. The lowest BCUT2D eigenvalue weighted by atomic mass is 9.69. The van der Waals surface area contributed by atoms with Gasteiger partial charge in [0.1, 0.15) is 18.3 Å². The molecule has 0 N–H and O–H groups in total. The molecule has 118 valence electrons. The standard InChI is InChI=1S/C10H8Cl10/c11-2-7(5(13)14)3-1-8(17,18)9(7,6(15)16)4(12)10(3,19)20/h3-6H,1-2H2/t3-,4-,7-,9+/m0/s1. The second-order valence-corrected chi connectivity index (χ2v) is 11.0. The molecule has 4 atom stereocenters. The molecular formula is C10H8Cl10. The minimum atomic E-state index is -1.40. The summed E-state index contributed by atoms with van der Waals surface area (Å²) in [6.45, 7) is 0. The van der Waals surface area contributed by atoms with Crippen molar-refractivity contribution in [1.82, 2.24) is 0 Å². The first-order valence-electron chi connectivity index (χ1n) is 5.46. The molecule has 2 saturated carbocycles. The first kappa shape index (κ1) is 19.2. The largest absolute Gasteiger partial charge is 0.138 e. The molecule has 20 heavy (non-hydrogen) atoms. The van der Waals surface area contributed by atoms with Crippen molar-refractivity contribution in [3.8, 4) is 0 Å². The highest BCUT2D eigenvalue weighted by Crippen LogP contribution is 2.83. The van der Waals surface area contributed by atoms with E-state index in [1.807, 2.05) is 0 Å². The minimum absolute atomic E-state index is 0.0309. The molecule has 2 bridgehead atoms. The fraction of sp³-hybridized carbons (Fsp3) is 1.00. The fourth-order valence-electron chi connectivity index (χ4n) is 3.69. The molecule has 0 saturated heterocycles. The van der Waals surface area contributed by atoms with Crippen LogP contribution in [0.2, 0.25) is 0 Å². The molecule has 0 amide bonds. The Morgan fingerprint density at radius 3 is 1.75 bits per heavy atom. The van der Waals surface area contributed by atoms with Crippen molar-refractivity contribution in [2.24, 2.45) is 16.7 Å². The van der Waals surface area contributed by atoms with Gasteiger partial charge in [-0.2, -0.15) is 0 Å². The lowest BCUT2D eigenvalue weighted by molar-refractivity contribution is 0.137. The van der Waals surface area contributed by atoms with E-state index in [-0.39, 0.29) is 12.3 Å². The Balaban J connectivity index is 2.81. The van der Waals surface area contributed by atoms with Gasteiger partial charge < -0.3 is 0 Å². The molecule has 0 aromatic rings. The first-order valence-corrected chi connectivity index (χ1v) is 9.69. The van der Waals surface area contributed by atoms with Crippen molar-refractivity contribution < 1.29 is 0 Å². The van der Waals surface area contributed by atoms with Crippen LogP contribution in [0, 0.1) is 16.7 Å². The van der Waals surface area contributed by atoms with Crippen molar-refractivity contribution in [1.29, 1.82) is 0 Å². The molecule has 0 heterocycles. The molecule has 0 aromatic carbocycles. The number of fused-ring (bicyclic) bond motifs is 2. The normalized spacial score (nSPS) is 45.6. The van der Waals surface area contributed by atoms with E-state index in [0.717, 1.165) is 0 Å². The van der Waals surface area contributed by atoms with Crippen molar-refractivity contribution in [3.05, 3.63) is 0 Å². The van der Waals surface area contributed by atoms with Crippen molar-refractivity contribution in [2.75, 3.05) is 5.88 Å². The quantitative estimate of drug-likeness (QED) is 0.388. The maximum Gasteiger partial charge on any atom is 0.138 e. The summed E-state index contributed by atoms with van der Waals surface area (Å²) in [6, 6.07) is 0.